The van der Waals surface area contributed by atoms with Gasteiger partial charge in [0.15, 0.2) is 0 Å². The Morgan fingerprint density at radius 1 is 1.14 bits per heavy atom. The van der Waals surface area contributed by atoms with Gasteiger partial charge in [0.2, 0.25) is 0 Å². The smallest absolute Gasteiger partial charge is 0.282 e. The molecule has 2 saturated heterocycles. The summed E-state index contributed by atoms with van der Waals surface area (Å²) in [6.45, 7) is 5.51. The number of nitro benzene ring substituents is 1. The molecule has 0 spiro atoms. The van der Waals surface area contributed by atoms with Crippen molar-refractivity contribution in [2.75, 3.05) is 44.2 Å². The summed E-state index contributed by atoms with van der Waals surface area (Å²) in [5.41, 5.74) is 0.957. The SMILES string of the molecule is Cn1ccnc1CN1CCN(c2ccc([N+](=O)[O-])c(C(=O)N3CCCC3)c2)CC1. The molecule has 2 aromatic rings. The van der Waals surface area contributed by atoms with Crippen molar-refractivity contribution in [3.05, 3.63) is 52.1 Å². The van der Waals surface area contributed by atoms with E-state index in [-0.39, 0.29) is 17.2 Å². The number of benzene rings is 1. The molecule has 2 aliphatic rings. The number of aryl methyl sites for hydroxylation is 1. The number of nitro groups is 1. The molecule has 0 radical (unpaired) electrons. The first-order valence-electron chi connectivity index (χ1n) is 10.0. The number of rotatable bonds is 5. The highest BCUT2D eigenvalue weighted by Gasteiger charge is 2.28. The molecule has 2 aliphatic heterocycles. The molecule has 0 aliphatic carbocycles. The lowest BCUT2D eigenvalue weighted by atomic mass is 10.1. The third-order valence-electron chi connectivity index (χ3n) is 5.82. The minimum atomic E-state index is -0.460. The molecule has 1 aromatic heterocycles. The highest BCUT2D eigenvalue weighted by molar-refractivity contribution is 5.99. The van der Waals surface area contributed by atoms with Crippen molar-refractivity contribution in [1.29, 1.82) is 0 Å². The zero-order valence-corrected chi connectivity index (χ0v) is 16.7. The number of aromatic nitrogens is 2. The fraction of sp³-hybridized carbons (Fsp3) is 0.500. The van der Waals surface area contributed by atoms with Gasteiger partial charge in [-0.1, -0.05) is 0 Å². The van der Waals surface area contributed by atoms with Crippen LogP contribution in [-0.2, 0) is 13.6 Å². The number of hydrogen-bond acceptors (Lipinski definition) is 6. The first-order valence-corrected chi connectivity index (χ1v) is 10.0. The van der Waals surface area contributed by atoms with Crippen molar-refractivity contribution in [1.82, 2.24) is 19.4 Å². The van der Waals surface area contributed by atoms with Gasteiger partial charge in [-0.15, -0.1) is 0 Å². The molecular weight excluding hydrogens is 372 g/mol. The lowest BCUT2D eigenvalue weighted by Crippen LogP contribution is -2.46. The van der Waals surface area contributed by atoms with E-state index in [1.54, 1.807) is 23.2 Å². The molecule has 9 nitrogen and oxygen atoms in total. The van der Waals surface area contributed by atoms with Crippen LogP contribution in [0.2, 0.25) is 0 Å². The molecule has 1 amide bonds. The van der Waals surface area contributed by atoms with Crippen LogP contribution in [-0.4, -0.2) is 69.4 Å². The Hall–Kier alpha value is -2.94. The Labute approximate surface area is 169 Å². The van der Waals surface area contributed by atoms with E-state index in [1.165, 1.54) is 6.07 Å². The number of carbonyl (C=O) groups excluding carboxylic acids is 1. The zero-order valence-electron chi connectivity index (χ0n) is 16.7. The standard InChI is InChI=1S/C20H26N6O3/c1-22-9-6-21-19(22)15-23-10-12-24(13-11-23)16-4-5-18(26(28)29)17(14-16)20(27)25-7-2-3-8-25/h4-6,9,14H,2-3,7-8,10-13,15H2,1H3. The molecule has 0 N–H and O–H groups in total. The molecular formula is C20H26N6O3. The van der Waals surface area contributed by atoms with Crippen LogP contribution in [0, 0.1) is 10.1 Å². The third-order valence-corrected chi connectivity index (χ3v) is 5.82. The van der Waals surface area contributed by atoms with Gasteiger partial charge in [-0.05, 0) is 25.0 Å². The van der Waals surface area contributed by atoms with Gasteiger partial charge in [0.25, 0.3) is 11.6 Å². The predicted octanol–water partition coefficient (Wildman–Crippen LogP) is 1.89. The van der Waals surface area contributed by atoms with Crippen molar-refractivity contribution in [3.8, 4) is 0 Å². The summed E-state index contributed by atoms with van der Waals surface area (Å²) in [4.78, 5) is 34.5. The Bertz CT molecular complexity index is 897. The van der Waals surface area contributed by atoms with Crippen LogP contribution < -0.4 is 4.90 Å². The quantitative estimate of drug-likeness (QED) is 0.565. The number of nitrogens with zero attached hydrogens (tertiary/aromatic N) is 6. The number of amides is 1. The van der Waals surface area contributed by atoms with Crippen molar-refractivity contribution in [2.45, 2.75) is 19.4 Å². The summed E-state index contributed by atoms with van der Waals surface area (Å²) in [5.74, 6) is 0.803. The lowest BCUT2D eigenvalue weighted by molar-refractivity contribution is -0.385. The van der Waals surface area contributed by atoms with Crippen molar-refractivity contribution in [3.63, 3.8) is 0 Å². The van der Waals surface area contributed by atoms with E-state index in [4.69, 9.17) is 0 Å². The van der Waals surface area contributed by atoms with Crippen LogP contribution in [0.3, 0.4) is 0 Å². The number of anilines is 1. The van der Waals surface area contributed by atoms with Crippen LogP contribution in [0.4, 0.5) is 11.4 Å². The van der Waals surface area contributed by atoms with E-state index >= 15 is 0 Å². The first-order chi connectivity index (χ1) is 14.0. The van der Waals surface area contributed by atoms with Gasteiger partial charge in [-0.2, -0.15) is 0 Å². The van der Waals surface area contributed by atoms with E-state index < -0.39 is 4.92 Å². The van der Waals surface area contributed by atoms with Crippen molar-refractivity contribution in [2.24, 2.45) is 7.05 Å². The number of likely N-dealkylation sites (tertiary alicyclic amines) is 1. The van der Waals surface area contributed by atoms with Gasteiger partial charge in [-0.25, -0.2) is 4.98 Å². The Morgan fingerprint density at radius 2 is 1.86 bits per heavy atom. The van der Waals surface area contributed by atoms with Crippen molar-refractivity contribution >= 4 is 17.3 Å². The molecule has 2 fully saturated rings. The van der Waals surface area contributed by atoms with Crippen LogP contribution in [0.5, 0.6) is 0 Å². The minimum absolute atomic E-state index is 0.112. The Kier molecular flexibility index (Phi) is 5.48. The highest BCUT2D eigenvalue weighted by Crippen LogP contribution is 2.28. The number of imidazole rings is 1. The maximum Gasteiger partial charge on any atom is 0.282 e. The number of hydrogen-bond donors (Lipinski definition) is 0. The second kappa shape index (κ2) is 8.20. The number of carbonyl (C=O) groups is 1. The molecule has 154 valence electrons. The summed E-state index contributed by atoms with van der Waals surface area (Å²) in [6, 6.07) is 4.93. The van der Waals surface area contributed by atoms with E-state index in [1.807, 2.05) is 17.8 Å². The molecule has 0 atom stereocenters. The normalized spacial score (nSPS) is 17.7. The Balaban J connectivity index is 1.47. The van der Waals surface area contributed by atoms with Gasteiger partial charge in [0, 0.05) is 70.5 Å². The predicted molar refractivity (Wildman–Crippen MR) is 109 cm³/mol. The average Bonchev–Trinajstić information content (AvgIpc) is 3.40. The van der Waals surface area contributed by atoms with Crippen molar-refractivity contribution < 1.29 is 9.72 Å². The minimum Gasteiger partial charge on any atom is -0.369 e. The molecule has 29 heavy (non-hydrogen) atoms. The molecule has 1 aromatic carbocycles. The maximum absolute atomic E-state index is 12.9. The van der Waals surface area contributed by atoms with E-state index in [0.29, 0.717) is 13.1 Å². The van der Waals surface area contributed by atoms with Gasteiger partial charge in [-0.3, -0.25) is 19.8 Å². The van der Waals surface area contributed by atoms with Gasteiger partial charge in [0.1, 0.15) is 11.4 Å². The summed E-state index contributed by atoms with van der Waals surface area (Å²) < 4.78 is 2.03. The van der Waals surface area contributed by atoms with E-state index in [0.717, 1.165) is 57.1 Å². The van der Waals surface area contributed by atoms with Crippen LogP contribution >= 0.6 is 0 Å². The first kappa shape index (κ1) is 19.4. The van der Waals surface area contributed by atoms with Gasteiger partial charge >= 0.3 is 0 Å². The second-order valence-electron chi connectivity index (χ2n) is 7.68. The topological polar surface area (TPSA) is 87.7 Å². The van der Waals surface area contributed by atoms with Crippen LogP contribution in [0.15, 0.2) is 30.6 Å². The molecule has 0 bridgehead atoms. The van der Waals surface area contributed by atoms with Crippen LogP contribution in [0.25, 0.3) is 0 Å². The summed E-state index contributed by atoms with van der Waals surface area (Å²) in [6.07, 6.45) is 5.66. The summed E-state index contributed by atoms with van der Waals surface area (Å²) in [7, 11) is 1.99. The number of piperazine rings is 1. The molecule has 3 heterocycles. The summed E-state index contributed by atoms with van der Waals surface area (Å²) in [5, 5.41) is 11.5. The summed E-state index contributed by atoms with van der Waals surface area (Å²) >= 11 is 0. The second-order valence-corrected chi connectivity index (χ2v) is 7.68. The molecule has 9 heteroatoms. The monoisotopic (exact) mass is 398 g/mol. The van der Waals surface area contributed by atoms with Gasteiger partial charge < -0.3 is 14.4 Å². The molecule has 0 unspecified atom stereocenters. The Morgan fingerprint density at radius 3 is 2.48 bits per heavy atom. The molecule has 4 rings (SSSR count). The maximum atomic E-state index is 12.9. The highest BCUT2D eigenvalue weighted by atomic mass is 16.6. The average molecular weight is 398 g/mol. The van der Waals surface area contributed by atoms with E-state index in [9.17, 15) is 14.9 Å². The van der Waals surface area contributed by atoms with Gasteiger partial charge in [0.05, 0.1) is 11.5 Å². The largest absolute Gasteiger partial charge is 0.369 e. The van der Waals surface area contributed by atoms with Crippen LogP contribution in [0.1, 0.15) is 29.0 Å². The fourth-order valence-corrected chi connectivity index (χ4v) is 4.05. The molecule has 0 saturated carbocycles. The lowest BCUT2D eigenvalue weighted by Gasteiger charge is -2.36. The third kappa shape index (κ3) is 4.09. The fourth-order valence-electron chi connectivity index (χ4n) is 4.05. The van der Waals surface area contributed by atoms with E-state index in [2.05, 4.69) is 14.8 Å². The zero-order chi connectivity index (χ0) is 20.4.